The molecule has 4 heteroatoms. The molecule has 4 unspecified atom stereocenters. The van der Waals surface area contributed by atoms with Crippen molar-refractivity contribution in [1.82, 2.24) is 0 Å². The van der Waals surface area contributed by atoms with Crippen LogP contribution in [0.25, 0.3) is 0 Å². The predicted molar refractivity (Wildman–Crippen MR) is 64.6 cm³/mol. The minimum absolute atomic E-state index is 0.00330. The molecule has 0 saturated carbocycles. The fourth-order valence-electron chi connectivity index (χ4n) is 1.99. The Morgan fingerprint density at radius 1 is 1.50 bits per heavy atom. The quantitative estimate of drug-likeness (QED) is 0.435. The van der Waals surface area contributed by atoms with E-state index in [0.717, 1.165) is 12.8 Å². The van der Waals surface area contributed by atoms with Gasteiger partial charge in [0.05, 0.1) is 17.6 Å². The lowest BCUT2D eigenvalue weighted by Gasteiger charge is -2.22. The van der Waals surface area contributed by atoms with E-state index in [1.54, 1.807) is 0 Å². The van der Waals surface area contributed by atoms with Crippen molar-refractivity contribution < 1.29 is 9.47 Å². The lowest BCUT2D eigenvalue weighted by atomic mass is 9.94. The van der Waals surface area contributed by atoms with Gasteiger partial charge in [0, 0.05) is 6.00 Å². The van der Waals surface area contributed by atoms with Crippen molar-refractivity contribution in [3.63, 3.8) is 0 Å². The molecule has 0 aromatic rings. The molecule has 0 radical (unpaired) electrons. The SMILES string of the molecule is BC1CC(OC(C)S)C(CC(C)C)O1. The fraction of sp³-hybridized carbons (Fsp3) is 1.00. The van der Waals surface area contributed by atoms with Crippen LogP contribution >= 0.6 is 12.6 Å². The molecule has 0 aromatic heterocycles. The van der Waals surface area contributed by atoms with Gasteiger partial charge in [-0.1, -0.05) is 13.8 Å². The standard InChI is InChI=1S/C10H21BO2S/c1-6(2)4-8-9(12-7(3)14)5-10(11)13-8/h6-10,14H,4-5,11H2,1-3H3. The highest BCUT2D eigenvalue weighted by Gasteiger charge is 2.34. The molecule has 2 nitrogen and oxygen atoms in total. The summed E-state index contributed by atoms with van der Waals surface area (Å²) in [6.07, 6.45) is 2.58. The molecule has 1 aliphatic rings. The third kappa shape index (κ3) is 3.83. The van der Waals surface area contributed by atoms with Gasteiger partial charge in [-0.05, 0) is 25.7 Å². The highest BCUT2D eigenvalue weighted by Crippen LogP contribution is 2.27. The van der Waals surface area contributed by atoms with Gasteiger partial charge in [-0.25, -0.2) is 0 Å². The highest BCUT2D eigenvalue weighted by molar-refractivity contribution is 7.80. The van der Waals surface area contributed by atoms with Gasteiger partial charge in [0.1, 0.15) is 7.85 Å². The zero-order valence-corrected chi connectivity index (χ0v) is 10.5. The van der Waals surface area contributed by atoms with Gasteiger partial charge in [-0.15, -0.1) is 12.6 Å². The first kappa shape index (κ1) is 12.4. The Morgan fingerprint density at radius 3 is 2.64 bits per heavy atom. The third-order valence-electron chi connectivity index (χ3n) is 2.46. The summed E-state index contributed by atoms with van der Waals surface area (Å²) in [5.41, 5.74) is 0.00330. The van der Waals surface area contributed by atoms with E-state index in [2.05, 4.69) is 34.3 Å². The zero-order valence-electron chi connectivity index (χ0n) is 9.56. The molecular weight excluding hydrogens is 195 g/mol. The molecular formula is C10H21BO2S. The Kier molecular flexibility index (Phi) is 4.81. The third-order valence-corrected chi connectivity index (χ3v) is 2.58. The second-order valence-corrected chi connectivity index (χ2v) is 5.35. The van der Waals surface area contributed by atoms with Crippen molar-refractivity contribution >= 4 is 20.5 Å². The topological polar surface area (TPSA) is 18.5 Å². The number of ether oxygens (including phenoxy) is 2. The zero-order chi connectivity index (χ0) is 10.7. The molecule has 0 N–H and O–H groups in total. The van der Waals surface area contributed by atoms with E-state index in [1.165, 1.54) is 0 Å². The maximum atomic E-state index is 5.83. The molecule has 4 atom stereocenters. The first-order chi connectivity index (χ1) is 6.49. The average Bonchev–Trinajstić information content (AvgIpc) is 2.28. The number of rotatable bonds is 4. The lowest BCUT2D eigenvalue weighted by molar-refractivity contribution is -0.0261. The first-order valence-corrected chi connectivity index (χ1v) is 5.99. The molecule has 14 heavy (non-hydrogen) atoms. The maximum Gasteiger partial charge on any atom is 0.139 e. The summed E-state index contributed by atoms with van der Waals surface area (Å²) in [7, 11) is 2.11. The molecule has 0 bridgehead atoms. The summed E-state index contributed by atoms with van der Waals surface area (Å²) in [4.78, 5) is 0. The van der Waals surface area contributed by atoms with E-state index in [0.29, 0.717) is 11.9 Å². The van der Waals surface area contributed by atoms with Crippen molar-refractivity contribution in [3.05, 3.63) is 0 Å². The fourth-order valence-corrected chi connectivity index (χ4v) is 2.14. The molecule has 0 spiro atoms. The molecule has 1 saturated heterocycles. The van der Waals surface area contributed by atoms with E-state index < -0.39 is 0 Å². The van der Waals surface area contributed by atoms with Crippen molar-refractivity contribution in [2.24, 2.45) is 5.92 Å². The Bertz CT molecular complexity index is 158. The number of thiol groups is 1. The molecule has 1 heterocycles. The Balaban J connectivity index is 2.45. The van der Waals surface area contributed by atoms with Crippen LogP contribution < -0.4 is 0 Å². The summed E-state index contributed by atoms with van der Waals surface area (Å²) in [5, 5.41) is 0. The van der Waals surface area contributed by atoms with Crippen LogP contribution in [0.2, 0.25) is 0 Å². The van der Waals surface area contributed by atoms with E-state index in [9.17, 15) is 0 Å². The van der Waals surface area contributed by atoms with Crippen LogP contribution in [-0.2, 0) is 9.47 Å². The van der Waals surface area contributed by atoms with Crippen LogP contribution in [0.1, 0.15) is 33.6 Å². The van der Waals surface area contributed by atoms with Crippen LogP contribution in [0.4, 0.5) is 0 Å². The molecule has 0 aromatic carbocycles. The largest absolute Gasteiger partial charge is 0.381 e. The van der Waals surface area contributed by atoms with E-state index in [-0.39, 0.29) is 17.6 Å². The number of hydrogen-bond donors (Lipinski definition) is 1. The minimum atomic E-state index is 0.00330. The van der Waals surface area contributed by atoms with Gasteiger partial charge in [0.2, 0.25) is 0 Å². The molecule has 0 aliphatic carbocycles. The van der Waals surface area contributed by atoms with Crippen LogP contribution in [0.15, 0.2) is 0 Å². The van der Waals surface area contributed by atoms with Crippen LogP contribution in [0.3, 0.4) is 0 Å². The van der Waals surface area contributed by atoms with Gasteiger partial charge in [0.15, 0.2) is 0 Å². The van der Waals surface area contributed by atoms with Crippen molar-refractivity contribution in [1.29, 1.82) is 0 Å². The summed E-state index contributed by atoms with van der Waals surface area (Å²) in [6, 6.07) is 0.329. The van der Waals surface area contributed by atoms with Crippen LogP contribution in [0, 0.1) is 5.92 Å². The van der Waals surface area contributed by atoms with Gasteiger partial charge in [-0.2, -0.15) is 0 Å². The Labute approximate surface area is 93.6 Å². The Hall–Kier alpha value is 0.335. The summed E-state index contributed by atoms with van der Waals surface area (Å²) >= 11 is 4.26. The van der Waals surface area contributed by atoms with Crippen molar-refractivity contribution in [3.8, 4) is 0 Å². The maximum absolute atomic E-state index is 5.83. The van der Waals surface area contributed by atoms with E-state index >= 15 is 0 Å². The summed E-state index contributed by atoms with van der Waals surface area (Å²) < 4.78 is 11.6. The van der Waals surface area contributed by atoms with Gasteiger partial charge in [-0.3, -0.25) is 0 Å². The van der Waals surface area contributed by atoms with Gasteiger partial charge in [0.25, 0.3) is 0 Å². The van der Waals surface area contributed by atoms with Crippen LogP contribution in [-0.4, -0.2) is 31.5 Å². The molecule has 1 rings (SSSR count). The smallest absolute Gasteiger partial charge is 0.139 e. The lowest BCUT2D eigenvalue weighted by Crippen LogP contribution is -2.27. The molecule has 1 fully saturated rings. The first-order valence-electron chi connectivity index (χ1n) is 5.48. The molecule has 1 aliphatic heterocycles. The number of hydrogen-bond acceptors (Lipinski definition) is 3. The normalized spacial score (nSPS) is 35.1. The van der Waals surface area contributed by atoms with E-state index in [1.807, 2.05) is 6.92 Å². The van der Waals surface area contributed by atoms with E-state index in [4.69, 9.17) is 9.47 Å². The van der Waals surface area contributed by atoms with Gasteiger partial charge < -0.3 is 9.47 Å². The van der Waals surface area contributed by atoms with Crippen LogP contribution in [0.5, 0.6) is 0 Å². The molecule has 0 amide bonds. The van der Waals surface area contributed by atoms with Crippen molar-refractivity contribution in [2.75, 3.05) is 0 Å². The Morgan fingerprint density at radius 2 is 2.14 bits per heavy atom. The minimum Gasteiger partial charge on any atom is -0.381 e. The van der Waals surface area contributed by atoms with Gasteiger partial charge >= 0.3 is 0 Å². The summed E-state index contributed by atoms with van der Waals surface area (Å²) in [5.74, 6) is 0.659. The summed E-state index contributed by atoms with van der Waals surface area (Å²) in [6.45, 7) is 6.39. The second kappa shape index (κ2) is 5.43. The second-order valence-electron chi connectivity index (χ2n) is 4.62. The molecule has 82 valence electrons. The monoisotopic (exact) mass is 216 g/mol. The van der Waals surface area contributed by atoms with Crippen molar-refractivity contribution in [2.45, 2.75) is 57.3 Å². The predicted octanol–water partition coefficient (Wildman–Crippen LogP) is 1.44. The highest BCUT2D eigenvalue weighted by atomic mass is 32.1. The average molecular weight is 216 g/mol.